The lowest BCUT2D eigenvalue weighted by molar-refractivity contribution is -0.121. The van der Waals surface area contributed by atoms with Gasteiger partial charge in [0.1, 0.15) is 0 Å². The molecule has 2 atom stereocenters. The van der Waals surface area contributed by atoms with E-state index >= 15 is 0 Å². The van der Waals surface area contributed by atoms with Gasteiger partial charge in [-0.3, -0.25) is 4.79 Å². The first-order valence-electron chi connectivity index (χ1n) is 6.49. The Labute approximate surface area is 133 Å². The van der Waals surface area contributed by atoms with Crippen molar-refractivity contribution in [1.29, 1.82) is 0 Å². The van der Waals surface area contributed by atoms with Crippen LogP contribution in [0.3, 0.4) is 0 Å². The molecule has 0 aromatic heterocycles. The molecule has 0 spiro atoms. The molecule has 8 heteroatoms. The molecule has 21 heavy (non-hydrogen) atoms. The van der Waals surface area contributed by atoms with Crippen molar-refractivity contribution in [3.05, 3.63) is 23.2 Å². The van der Waals surface area contributed by atoms with E-state index in [1.165, 1.54) is 18.2 Å². The molecule has 1 aromatic carbocycles. The third kappa shape index (κ3) is 3.88. The normalized spacial score (nSPS) is 22.2. The molecule has 1 aliphatic heterocycles. The van der Waals surface area contributed by atoms with Gasteiger partial charge in [-0.25, -0.2) is 8.42 Å². The summed E-state index contributed by atoms with van der Waals surface area (Å²) in [7, 11) is 1.40. The smallest absolute Gasteiger partial charge is 0.261 e. The molecular weight excluding hydrogens is 337 g/mol. The summed E-state index contributed by atoms with van der Waals surface area (Å²) >= 11 is 5.99. The Morgan fingerprint density at radius 3 is 2.76 bits per heavy atom. The van der Waals surface area contributed by atoms with E-state index in [0.717, 1.165) is 6.42 Å². The van der Waals surface area contributed by atoms with E-state index in [1.807, 2.05) is 6.92 Å². The fraction of sp³-hybridized carbons (Fsp3) is 0.462. The van der Waals surface area contributed by atoms with Gasteiger partial charge in [-0.05, 0) is 31.0 Å². The lowest BCUT2D eigenvalue weighted by Crippen LogP contribution is -2.29. The molecule has 1 fully saturated rings. The number of halogens is 2. The van der Waals surface area contributed by atoms with E-state index in [9.17, 15) is 13.2 Å². The average Bonchev–Trinajstić information content (AvgIpc) is 2.88. The van der Waals surface area contributed by atoms with Crippen LogP contribution < -0.4 is 5.32 Å². The molecule has 2 unspecified atom stereocenters. The quantitative estimate of drug-likeness (QED) is 0.846. The molecule has 1 amide bonds. The van der Waals surface area contributed by atoms with Crippen molar-refractivity contribution in [2.75, 3.05) is 11.9 Å². The van der Waals surface area contributed by atoms with E-state index in [2.05, 4.69) is 5.32 Å². The van der Waals surface area contributed by atoms with Crippen LogP contribution in [0.15, 0.2) is 23.1 Å². The molecule has 0 aliphatic carbocycles. The fourth-order valence-electron chi connectivity index (χ4n) is 2.33. The molecule has 5 nitrogen and oxygen atoms in total. The van der Waals surface area contributed by atoms with Crippen molar-refractivity contribution < 1.29 is 17.9 Å². The van der Waals surface area contributed by atoms with Gasteiger partial charge in [-0.2, -0.15) is 0 Å². The Hall–Kier alpha value is -0.820. The molecule has 1 heterocycles. The predicted octanol–water partition coefficient (Wildman–Crippen LogP) is 3.02. The van der Waals surface area contributed by atoms with E-state index in [0.29, 0.717) is 18.7 Å². The number of anilines is 1. The summed E-state index contributed by atoms with van der Waals surface area (Å²) in [5, 5.41) is 2.83. The molecule has 1 aliphatic rings. The maximum absolute atomic E-state index is 12.2. The minimum absolute atomic E-state index is 0.0914. The van der Waals surface area contributed by atoms with Crippen molar-refractivity contribution in [2.24, 2.45) is 5.92 Å². The van der Waals surface area contributed by atoms with Crippen LogP contribution in [0.4, 0.5) is 5.69 Å². The van der Waals surface area contributed by atoms with Crippen LogP contribution in [0.2, 0.25) is 5.02 Å². The number of carbonyl (C=O) groups excluding carboxylic acids is 1. The lowest BCUT2D eigenvalue weighted by atomic mass is 9.98. The summed E-state index contributed by atoms with van der Waals surface area (Å²) in [6.07, 6.45) is 1.33. The first-order valence-corrected chi connectivity index (χ1v) is 9.18. The summed E-state index contributed by atoms with van der Waals surface area (Å²) in [6.45, 7) is 2.52. The molecule has 0 radical (unpaired) electrons. The molecular formula is C13H15Cl2NO4S. The Kier molecular flexibility index (Phi) is 5.14. The van der Waals surface area contributed by atoms with E-state index in [-0.39, 0.29) is 27.8 Å². The van der Waals surface area contributed by atoms with E-state index < -0.39 is 9.05 Å². The Bertz CT molecular complexity index is 648. The highest BCUT2D eigenvalue weighted by Crippen LogP contribution is 2.29. The second kappa shape index (κ2) is 6.52. The van der Waals surface area contributed by atoms with Crippen LogP contribution in [0.25, 0.3) is 0 Å². The summed E-state index contributed by atoms with van der Waals surface area (Å²) in [5.41, 5.74) is 0.354. The zero-order valence-corrected chi connectivity index (χ0v) is 13.6. The highest BCUT2D eigenvalue weighted by Gasteiger charge is 2.33. The molecule has 0 saturated carbocycles. The van der Waals surface area contributed by atoms with Crippen LogP contribution in [0, 0.1) is 5.92 Å². The molecule has 1 saturated heterocycles. The standard InChI is InChI=1S/C13H15Cl2NO4S/c1-2-12-9(5-6-20-12)13(17)16-11-4-3-8(7-10(11)14)21(15,18)19/h3-4,7,9,12H,2,5-6H2,1H3,(H,16,17). The minimum atomic E-state index is -3.84. The van der Waals surface area contributed by atoms with Gasteiger partial charge in [0.15, 0.2) is 0 Å². The highest BCUT2D eigenvalue weighted by molar-refractivity contribution is 8.13. The number of ether oxygens (including phenoxy) is 1. The molecule has 2 rings (SSSR count). The van der Waals surface area contributed by atoms with Crippen LogP contribution in [0.1, 0.15) is 19.8 Å². The van der Waals surface area contributed by atoms with Gasteiger partial charge in [-0.1, -0.05) is 18.5 Å². The third-order valence-corrected chi connectivity index (χ3v) is 5.09. The van der Waals surface area contributed by atoms with E-state index in [4.69, 9.17) is 27.0 Å². The van der Waals surface area contributed by atoms with Gasteiger partial charge in [0.25, 0.3) is 9.05 Å². The zero-order chi connectivity index (χ0) is 15.6. The Morgan fingerprint density at radius 2 is 2.19 bits per heavy atom. The number of carbonyl (C=O) groups is 1. The predicted molar refractivity (Wildman–Crippen MR) is 81.3 cm³/mol. The van der Waals surface area contributed by atoms with Crippen LogP contribution in [-0.2, 0) is 18.6 Å². The minimum Gasteiger partial charge on any atom is -0.377 e. The second-order valence-corrected chi connectivity index (χ2v) is 7.75. The first kappa shape index (κ1) is 16.5. The number of benzene rings is 1. The largest absolute Gasteiger partial charge is 0.377 e. The zero-order valence-electron chi connectivity index (χ0n) is 11.3. The SMILES string of the molecule is CCC1OCCC1C(=O)Nc1ccc(S(=O)(=O)Cl)cc1Cl. The fourth-order valence-corrected chi connectivity index (χ4v) is 3.39. The van der Waals surface area contributed by atoms with Gasteiger partial charge in [-0.15, -0.1) is 0 Å². The van der Waals surface area contributed by atoms with Crippen molar-refractivity contribution >= 4 is 42.9 Å². The Balaban J connectivity index is 2.15. The summed E-state index contributed by atoms with van der Waals surface area (Å²) in [4.78, 5) is 12.1. The highest BCUT2D eigenvalue weighted by atomic mass is 35.7. The molecule has 0 bridgehead atoms. The summed E-state index contributed by atoms with van der Waals surface area (Å²) < 4.78 is 27.9. The van der Waals surface area contributed by atoms with Gasteiger partial charge in [0.05, 0.1) is 27.6 Å². The van der Waals surface area contributed by atoms with Gasteiger partial charge >= 0.3 is 0 Å². The van der Waals surface area contributed by atoms with E-state index in [1.54, 1.807) is 0 Å². The van der Waals surface area contributed by atoms with Crippen molar-refractivity contribution in [3.63, 3.8) is 0 Å². The molecule has 1 aromatic rings. The second-order valence-electron chi connectivity index (χ2n) is 4.78. The molecule has 1 N–H and O–H groups in total. The van der Waals surface area contributed by atoms with Crippen LogP contribution in [0.5, 0.6) is 0 Å². The van der Waals surface area contributed by atoms with Crippen LogP contribution >= 0.6 is 22.3 Å². The topological polar surface area (TPSA) is 72.5 Å². The number of hydrogen-bond acceptors (Lipinski definition) is 4. The van der Waals surface area contributed by atoms with Crippen LogP contribution in [-0.4, -0.2) is 27.0 Å². The average molecular weight is 352 g/mol. The summed E-state index contributed by atoms with van der Waals surface area (Å²) in [5.74, 6) is -0.398. The van der Waals surface area contributed by atoms with Gasteiger partial charge in [0, 0.05) is 17.3 Å². The number of rotatable bonds is 4. The first-order chi connectivity index (χ1) is 9.82. The number of hydrogen-bond donors (Lipinski definition) is 1. The number of amides is 1. The lowest BCUT2D eigenvalue weighted by Gasteiger charge is -2.17. The van der Waals surface area contributed by atoms with Crippen molar-refractivity contribution in [1.82, 2.24) is 0 Å². The van der Waals surface area contributed by atoms with Crippen molar-refractivity contribution in [2.45, 2.75) is 30.8 Å². The monoisotopic (exact) mass is 351 g/mol. The van der Waals surface area contributed by atoms with Crippen molar-refractivity contribution in [3.8, 4) is 0 Å². The maximum atomic E-state index is 12.2. The van der Waals surface area contributed by atoms with Gasteiger partial charge < -0.3 is 10.1 Å². The molecule has 116 valence electrons. The number of nitrogens with one attached hydrogen (secondary N) is 1. The van der Waals surface area contributed by atoms with Gasteiger partial charge in [0.2, 0.25) is 5.91 Å². The maximum Gasteiger partial charge on any atom is 0.261 e. The Morgan fingerprint density at radius 1 is 1.48 bits per heavy atom. The third-order valence-electron chi connectivity index (χ3n) is 3.43. The summed E-state index contributed by atoms with van der Waals surface area (Å²) in [6, 6.07) is 3.93.